The number of pyridine rings is 1. The smallest absolute Gasteiger partial charge is 0.339 e. The molecule has 0 amide bonds. The third-order valence-corrected chi connectivity index (χ3v) is 1.88. The second kappa shape index (κ2) is 7.71. The summed E-state index contributed by atoms with van der Waals surface area (Å²) in [5.41, 5.74) is 9.08. The van der Waals surface area contributed by atoms with Crippen molar-refractivity contribution < 1.29 is 9.53 Å². The molecule has 0 aliphatic carbocycles. The third-order valence-electron chi connectivity index (χ3n) is 1.88. The van der Waals surface area contributed by atoms with Crippen molar-refractivity contribution in [3.63, 3.8) is 0 Å². The second-order valence-electron chi connectivity index (χ2n) is 3.19. The molecule has 0 aliphatic rings. The van der Waals surface area contributed by atoms with Gasteiger partial charge in [0.15, 0.2) is 0 Å². The van der Waals surface area contributed by atoms with Crippen molar-refractivity contribution in [3.8, 4) is 11.8 Å². The van der Waals surface area contributed by atoms with E-state index in [0.717, 1.165) is 0 Å². The van der Waals surface area contributed by atoms with E-state index >= 15 is 0 Å². The SMILES string of the molecule is CCOC(=O)c1cncc(C#CCCN=[N+]=[N-])c1. The highest BCUT2D eigenvalue weighted by Crippen LogP contribution is 2.03. The zero-order valence-corrected chi connectivity index (χ0v) is 9.96. The lowest BCUT2D eigenvalue weighted by molar-refractivity contribution is 0.0526. The van der Waals surface area contributed by atoms with E-state index in [-0.39, 0.29) is 0 Å². The number of esters is 1. The van der Waals surface area contributed by atoms with Crippen molar-refractivity contribution in [2.75, 3.05) is 13.2 Å². The molecule has 92 valence electrons. The van der Waals surface area contributed by atoms with Crippen LogP contribution in [0.2, 0.25) is 0 Å². The molecule has 0 atom stereocenters. The number of carbonyl (C=O) groups is 1. The van der Waals surface area contributed by atoms with Crippen molar-refractivity contribution in [3.05, 3.63) is 40.0 Å². The molecule has 0 saturated heterocycles. The van der Waals surface area contributed by atoms with E-state index in [1.807, 2.05) is 0 Å². The van der Waals surface area contributed by atoms with Gasteiger partial charge in [0.05, 0.1) is 12.2 Å². The molecule has 0 saturated carbocycles. The normalized spacial score (nSPS) is 8.72. The Hall–Kier alpha value is -2.51. The number of nitrogens with zero attached hydrogens (tertiary/aromatic N) is 4. The first kappa shape index (κ1) is 13.6. The van der Waals surface area contributed by atoms with E-state index < -0.39 is 5.97 Å². The average molecular weight is 244 g/mol. The molecule has 6 nitrogen and oxygen atoms in total. The van der Waals surface area contributed by atoms with Gasteiger partial charge < -0.3 is 4.74 Å². The predicted molar refractivity (Wildman–Crippen MR) is 65.7 cm³/mol. The minimum absolute atomic E-state index is 0.320. The lowest BCUT2D eigenvalue weighted by Gasteiger charge is -2.00. The van der Waals surface area contributed by atoms with Crippen LogP contribution in [-0.4, -0.2) is 24.1 Å². The van der Waals surface area contributed by atoms with E-state index in [1.165, 1.54) is 6.20 Å². The number of aromatic nitrogens is 1. The third kappa shape index (κ3) is 4.56. The Morgan fingerprint density at radius 1 is 1.61 bits per heavy atom. The first-order valence-corrected chi connectivity index (χ1v) is 5.39. The molecule has 1 aromatic rings. The molecule has 0 aromatic carbocycles. The summed E-state index contributed by atoms with van der Waals surface area (Å²) < 4.78 is 4.86. The van der Waals surface area contributed by atoms with E-state index in [2.05, 4.69) is 26.9 Å². The van der Waals surface area contributed by atoms with Crippen LogP contribution >= 0.6 is 0 Å². The molecular formula is C12H12N4O2. The zero-order chi connectivity index (χ0) is 13.2. The predicted octanol–water partition coefficient (Wildman–Crippen LogP) is 2.31. The van der Waals surface area contributed by atoms with E-state index in [1.54, 1.807) is 19.2 Å². The molecule has 6 heteroatoms. The van der Waals surface area contributed by atoms with Crippen LogP contribution < -0.4 is 0 Å². The summed E-state index contributed by atoms with van der Waals surface area (Å²) in [5.74, 6) is 5.25. The molecule has 0 aliphatic heterocycles. The van der Waals surface area contributed by atoms with Gasteiger partial charge in [-0.05, 0) is 18.5 Å². The minimum atomic E-state index is -0.414. The van der Waals surface area contributed by atoms with Crippen LogP contribution in [0.15, 0.2) is 23.6 Å². The highest BCUT2D eigenvalue weighted by Gasteiger charge is 2.06. The summed E-state index contributed by atoms with van der Waals surface area (Å²) in [6, 6.07) is 1.62. The van der Waals surface area contributed by atoms with Gasteiger partial charge in [-0.15, -0.1) is 0 Å². The fraction of sp³-hybridized carbons (Fsp3) is 0.333. The van der Waals surface area contributed by atoms with E-state index in [4.69, 9.17) is 10.3 Å². The van der Waals surface area contributed by atoms with Crippen LogP contribution in [0.5, 0.6) is 0 Å². The Labute approximate surface area is 105 Å². The van der Waals surface area contributed by atoms with Gasteiger partial charge in [-0.25, -0.2) is 4.79 Å². The average Bonchev–Trinajstić information content (AvgIpc) is 2.39. The molecule has 0 unspecified atom stereocenters. The van der Waals surface area contributed by atoms with Gasteiger partial charge in [0.2, 0.25) is 0 Å². The van der Waals surface area contributed by atoms with Crippen LogP contribution in [0.25, 0.3) is 10.4 Å². The molecular weight excluding hydrogens is 232 g/mol. The Balaban J connectivity index is 2.69. The minimum Gasteiger partial charge on any atom is -0.462 e. The summed E-state index contributed by atoms with van der Waals surface area (Å²) in [6.07, 6.45) is 3.46. The summed E-state index contributed by atoms with van der Waals surface area (Å²) in [4.78, 5) is 18.0. The lowest BCUT2D eigenvalue weighted by atomic mass is 10.2. The summed E-state index contributed by atoms with van der Waals surface area (Å²) in [6.45, 7) is 2.39. The summed E-state index contributed by atoms with van der Waals surface area (Å²) >= 11 is 0. The van der Waals surface area contributed by atoms with Crippen molar-refractivity contribution in [2.45, 2.75) is 13.3 Å². The maximum absolute atomic E-state index is 11.4. The number of hydrogen-bond acceptors (Lipinski definition) is 4. The number of azide groups is 1. The Bertz CT molecular complexity index is 524. The molecule has 1 rings (SSSR count). The first-order valence-electron chi connectivity index (χ1n) is 5.39. The monoisotopic (exact) mass is 244 g/mol. The number of carbonyl (C=O) groups excluding carboxylic acids is 1. The van der Waals surface area contributed by atoms with Gasteiger partial charge in [0.1, 0.15) is 0 Å². The zero-order valence-electron chi connectivity index (χ0n) is 9.96. The van der Waals surface area contributed by atoms with Crippen molar-refractivity contribution in [2.24, 2.45) is 5.11 Å². The maximum Gasteiger partial charge on any atom is 0.339 e. The molecule has 0 spiro atoms. The van der Waals surface area contributed by atoms with Crippen LogP contribution in [0.1, 0.15) is 29.3 Å². The molecule has 1 aromatic heterocycles. The van der Waals surface area contributed by atoms with Crippen molar-refractivity contribution in [1.82, 2.24) is 4.98 Å². The van der Waals surface area contributed by atoms with E-state index in [0.29, 0.717) is 30.7 Å². The lowest BCUT2D eigenvalue weighted by Crippen LogP contribution is -2.05. The number of ether oxygens (including phenoxy) is 1. The molecule has 0 N–H and O–H groups in total. The maximum atomic E-state index is 11.4. The Morgan fingerprint density at radius 3 is 3.17 bits per heavy atom. The standard InChI is InChI=1S/C12H12N4O2/c1-2-18-12(17)11-7-10(8-14-9-11)5-3-4-6-15-16-13/h7-9H,2,4,6H2,1H3. The van der Waals surface area contributed by atoms with Gasteiger partial charge in [0.25, 0.3) is 0 Å². The molecule has 1 heterocycles. The topological polar surface area (TPSA) is 88.0 Å². The van der Waals surface area contributed by atoms with Gasteiger partial charge in [-0.1, -0.05) is 17.0 Å². The summed E-state index contributed by atoms with van der Waals surface area (Å²) in [7, 11) is 0. The van der Waals surface area contributed by atoms with Gasteiger partial charge in [0, 0.05) is 35.8 Å². The quantitative estimate of drug-likeness (QED) is 0.203. The Kier molecular flexibility index (Phi) is 5.81. The van der Waals surface area contributed by atoms with Crippen LogP contribution in [-0.2, 0) is 4.74 Å². The van der Waals surface area contributed by atoms with Gasteiger partial charge in [-0.3, -0.25) is 4.98 Å². The fourth-order valence-electron chi connectivity index (χ4n) is 1.15. The molecule has 18 heavy (non-hydrogen) atoms. The Morgan fingerprint density at radius 2 is 2.44 bits per heavy atom. The van der Waals surface area contributed by atoms with Crippen LogP contribution in [0.4, 0.5) is 0 Å². The van der Waals surface area contributed by atoms with Crippen LogP contribution in [0.3, 0.4) is 0 Å². The molecule has 0 fully saturated rings. The number of hydrogen-bond donors (Lipinski definition) is 0. The van der Waals surface area contributed by atoms with Crippen LogP contribution in [0, 0.1) is 11.8 Å². The van der Waals surface area contributed by atoms with Crippen molar-refractivity contribution in [1.29, 1.82) is 0 Å². The fourth-order valence-corrected chi connectivity index (χ4v) is 1.15. The van der Waals surface area contributed by atoms with Gasteiger partial charge >= 0.3 is 5.97 Å². The second-order valence-corrected chi connectivity index (χ2v) is 3.19. The van der Waals surface area contributed by atoms with E-state index in [9.17, 15) is 4.79 Å². The molecule has 0 bridgehead atoms. The molecule has 0 radical (unpaired) electrons. The highest BCUT2D eigenvalue weighted by molar-refractivity contribution is 5.89. The first-order chi connectivity index (χ1) is 8.77. The summed E-state index contributed by atoms with van der Waals surface area (Å²) in [5, 5.41) is 3.36. The van der Waals surface area contributed by atoms with Crippen molar-refractivity contribution >= 4 is 5.97 Å². The van der Waals surface area contributed by atoms with Gasteiger partial charge in [-0.2, -0.15) is 0 Å². The largest absolute Gasteiger partial charge is 0.462 e. The number of rotatable bonds is 4. The highest BCUT2D eigenvalue weighted by atomic mass is 16.5.